The molecule has 2 aromatic carbocycles. The fourth-order valence-corrected chi connectivity index (χ4v) is 6.37. The van der Waals surface area contributed by atoms with Crippen molar-refractivity contribution < 1.29 is 18.3 Å². The summed E-state index contributed by atoms with van der Waals surface area (Å²) in [5.74, 6) is -0.283. The number of sulfonamides is 1. The van der Waals surface area contributed by atoms with Crippen molar-refractivity contribution in [3.63, 3.8) is 0 Å². The van der Waals surface area contributed by atoms with Gasteiger partial charge in [-0.1, -0.05) is 30.3 Å². The fraction of sp³-hybridized carbons (Fsp3) is 0.429. The lowest BCUT2D eigenvalue weighted by Gasteiger charge is -2.29. The molecule has 1 aliphatic heterocycles. The number of hydrogen-bond donors (Lipinski definition) is 4. The minimum absolute atomic E-state index is 0.0946. The normalized spacial score (nSPS) is 16.4. The van der Waals surface area contributed by atoms with Crippen molar-refractivity contribution in [3.05, 3.63) is 77.6 Å². The molecule has 1 saturated heterocycles. The molecule has 2 heterocycles. The van der Waals surface area contributed by atoms with E-state index in [1.165, 1.54) is 4.31 Å². The number of hydrogen-bond acceptors (Lipinski definition) is 7. The van der Waals surface area contributed by atoms with E-state index in [0.717, 1.165) is 17.5 Å². The zero-order chi connectivity index (χ0) is 27.8. The van der Waals surface area contributed by atoms with Gasteiger partial charge in [0, 0.05) is 56.2 Å². The topological polar surface area (TPSA) is 129 Å². The summed E-state index contributed by atoms with van der Waals surface area (Å²) in [6.07, 6.45) is 4.63. The first-order valence-corrected chi connectivity index (χ1v) is 15.0. The summed E-state index contributed by atoms with van der Waals surface area (Å²) < 4.78 is 28.6. The van der Waals surface area contributed by atoms with Gasteiger partial charge in [-0.3, -0.25) is 13.8 Å². The molecule has 1 amide bonds. The zero-order valence-corrected chi connectivity index (χ0v) is 23.3. The number of nitrogens with one attached hydrogen (secondary N) is 3. The number of aryl methyl sites for hydroxylation is 1. The first-order chi connectivity index (χ1) is 18.7. The third-order valence-electron chi connectivity index (χ3n) is 6.72. The lowest BCUT2D eigenvalue weighted by Crippen LogP contribution is -2.48. The fourth-order valence-electron chi connectivity index (χ4n) is 4.74. The van der Waals surface area contributed by atoms with Crippen LogP contribution in [0.2, 0.25) is 0 Å². The maximum absolute atomic E-state index is 13.6. The molecule has 4 N–H and O–H groups in total. The van der Waals surface area contributed by atoms with E-state index in [9.17, 15) is 18.3 Å². The Hall–Kier alpha value is -3.41. The highest BCUT2D eigenvalue weighted by Gasteiger charge is 2.28. The molecule has 39 heavy (non-hydrogen) atoms. The minimum Gasteiger partial charge on any atom is -0.390 e. The number of benzene rings is 2. The molecule has 11 heteroatoms. The van der Waals surface area contributed by atoms with E-state index in [0.29, 0.717) is 49.4 Å². The van der Waals surface area contributed by atoms with Crippen LogP contribution < -0.4 is 20.3 Å². The van der Waals surface area contributed by atoms with E-state index < -0.39 is 22.2 Å². The van der Waals surface area contributed by atoms with Crippen LogP contribution >= 0.6 is 0 Å². The van der Waals surface area contributed by atoms with Crippen molar-refractivity contribution in [3.8, 4) is 0 Å². The first-order valence-electron chi connectivity index (χ1n) is 13.4. The molecule has 10 nitrogen and oxygen atoms in total. The van der Waals surface area contributed by atoms with Gasteiger partial charge in [0.2, 0.25) is 10.0 Å². The van der Waals surface area contributed by atoms with Crippen molar-refractivity contribution in [2.24, 2.45) is 7.05 Å². The van der Waals surface area contributed by atoms with Gasteiger partial charge < -0.3 is 21.1 Å². The molecule has 1 aliphatic rings. The van der Waals surface area contributed by atoms with Crippen LogP contribution in [0.4, 0.5) is 11.4 Å². The molecule has 2 atom stereocenters. The van der Waals surface area contributed by atoms with Crippen LogP contribution in [0, 0.1) is 0 Å². The maximum atomic E-state index is 13.6. The van der Waals surface area contributed by atoms with Gasteiger partial charge >= 0.3 is 0 Å². The molecule has 0 radical (unpaired) electrons. The molecule has 0 bridgehead atoms. The second-order valence-corrected chi connectivity index (χ2v) is 11.9. The Morgan fingerprint density at radius 1 is 1.13 bits per heavy atom. The smallest absolute Gasteiger partial charge is 0.251 e. The van der Waals surface area contributed by atoms with Gasteiger partial charge in [-0.05, 0) is 49.9 Å². The highest BCUT2D eigenvalue weighted by Crippen LogP contribution is 2.28. The predicted molar refractivity (Wildman–Crippen MR) is 153 cm³/mol. The number of carbonyl (C=O) groups excluding carboxylic acids is 1. The predicted octanol–water partition coefficient (Wildman–Crippen LogP) is 2.27. The third kappa shape index (κ3) is 7.81. The van der Waals surface area contributed by atoms with Crippen molar-refractivity contribution in [2.45, 2.75) is 44.9 Å². The first kappa shape index (κ1) is 28.6. The third-order valence-corrected chi connectivity index (χ3v) is 8.59. The van der Waals surface area contributed by atoms with Gasteiger partial charge in [-0.15, -0.1) is 0 Å². The largest absolute Gasteiger partial charge is 0.390 e. The summed E-state index contributed by atoms with van der Waals surface area (Å²) in [5.41, 5.74) is 3.44. The summed E-state index contributed by atoms with van der Waals surface area (Å²) >= 11 is 0. The summed E-state index contributed by atoms with van der Waals surface area (Å²) in [5, 5.41) is 24.7. The number of anilines is 2. The lowest BCUT2D eigenvalue weighted by molar-refractivity contribution is 0.0830. The van der Waals surface area contributed by atoms with Crippen LogP contribution in [0.5, 0.6) is 0 Å². The Morgan fingerprint density at radius 3 is 2.62 bits per heavy atom. The Bertz CT molecular complexity index is 1350. The molecular formula is C28H38N6O4S. The monoisotopic (exact) mass is 554 g/mol. The van der Waals surface area contributed by atoms with Gasteiger partial charge in [0.1, 0.15) is 0 Å². The molecule has 210 valence electrons. The van der Waals surface area contributed by atoms with Gasteiger partial charge in [-0.25, -0.2) is 8.42 Å². The van der Waals surface area contributed by atoms with Crippen LogP contribution in [0.3, 0.4) is 0 Å². The summed E-state index contributed by atoms with van der Waals surface area (Å²) in [4.78, 5) is 13.6. The number of nitrogens with zero attached hydrogens (tertiary/aromatic N) is 3. The average Bonchev–Trinajstić information content (AvgIpc) is 3.33. The van der Waals surface area contributed by atoms with Crippen LogP contribution in [0.25, 0.3) is 0 Å². The highest BCUT2D eigenvalue weighted by molar-refractivity contribution is 7.92. The van der Waals surface area contributed by atoms with Gasteiger partial charge in [0.05, 0.1) is 29.8 Å². The molecule has 4 rings (SSSR count). The quantitative estimate of drug-likeness (QED) is 0.270. The standard InChI is InChI=1S/C28H38N6O4S/c1-3-30-24-14-23(15-25(16-24)34-11-7-8-12-39(34,37)38)28(36)32-26(13-21-9-5-4-6-10-21)27(35)19-29-17-22-18-31-33(2)20-22/h4-6,9-10,14-16,18,20,26-27,29-30,35H,3,7-8,11-13,17,19H2,1-2H3,(H,32,36)/t26-,27+/m0/s1. The second kappa shape index (κ2) is 13.1. The number of aliphatic hydroxyl groups excluding tert-OH is 1. The minimum atomic E-state index is -3.44. The van der Waals surface area contributed by atoms with E-state index in [1.807, 2.05) is 50.5 Å². The number of aromatic nitrogens is 2. The molecule has 1 fully saturated rings. The summed E-state index contributed by atoms with van der Waals surface area (Å²) in [6, 6.07) is 14.2. The number of carbonyl (C=O) groups is 1. The van der Waals surface area contributed by atoms with E-state index in [4.69, 9.17) is 0 Å². The van der Waals surface area contributed by atoms with Gasteiger partial charge in [-0.2, -0.15) is 5.10 Å². The molecule has 1 aromatic heterocycles. The molecule has 3 aromatic rings. The van der Waals surface area contributed by atoms with Crippen LogP contribution in [-0.4, -0.2) is 66.7 Å². The SMILES string of the molecule is CCNc1cc(C(=O)N[C@@H](Cc2ccccc2)[C@H](O)CNCc2cnn(C)c2)cc(N2CCCCS2(=O)=O)c1. The average molecular weight is 555 g/mol. The van der Waals surface area contributed by atoms with E-state index in [-0.39, 0.29) is 18.2 Å². The molecule has 0 saturated carbocycles. The molecule has 0 aliphatic carbocycles. The van der Waals surface area contributed by atoms with Crippen LogP contribution in [-0.2, 0) is 30.0 Å². The number of aliphatic hydroxyl groups is 1. The van der Waals surface area contributed by atoms with Crippen molar-refractivity contribution in [1.29, 1.82) is 0 Å². The number of rotatable bonds is 12. The van der Waals surface area contributed by atoms with Crippen LogP contribution in [0.1, 0.15) is 41.3 Å². The Kier molecular flexibility index (Phi) is 9.60. The number of amides is 1. The molecule has 0 spiro atoms. The van der Waals surface area contributed by atoms with E-state index >= 15 is 0 Å². The summed E-state index contributed by atoms with van der Waals surface area (Å²) in [7, 11) is -1.59. The highest BCUT2D eigenvalue weighted by atomic mass is 32.2. The van der Waals surface area contributed by atoms with E-state index in [2.05, 4.69) is 21.0 Å². The van der Waals surface area contributed by atoms with Gasteiger partial charge in [0.25, 0.3) is 5.91 Å². The van der Waals surface area contributed by atoms with Crippen LogP contribution in [0.15, 0.2) is 60.9 Å². The lowest BCUT2D eigenvalue weighted by atomic mass is 10.00. The molecule has 0 unspecified atom stereocenters. The zero-order valence-electron chi connectivity index (χ0n) is 22.5. The van der Waals surface area contributed by atoms with Crippen molar-refractivity contribution in [2.75, 3.05) is 35.0 Å². The van der Waals surface area contributed by atoms with Gasteiger partial charge in [0.15, 0.2) is 0 Å². The van der Waals surface area contributed by atoms with E-state index in [1.54, 1.807) is 29.1 Å². The Morgan fingerprint density at radius 2 is 1.92 bits per heavy atom. The Balaban J connectivity index is 1.54. The van der Waals surface area contributed by atoms with Crippen molar-refractivity contribution >= 4 is 27.3 Å². The Labute approximate surface area is 230 Å². The summed E-state index contributed by atoms with van der Waals surface area (Å²) in [6.45, 7) is 3.75. The second-order valence-electron chi connectivity index (χ2n) is 9.88. The maximum Gasteiger partial charge on any atom is 0.251 e. The van der Waals surface area contributed by atoms with Crippen molar-refractivity contribution in [1.82, 2.24) is 20.4 Å². The molecular weight excluding hydrogens is 516 g/mol.